The lowest BCUT2D eigenvalue weighted by Crippen LogP contribution is -2.46. The molecule has 0 rings (SSSR count). The third kappa shape index (κ3) is 5.63. The quantitative estimate of drug-likeness (QED) is 0.534. The Morgan fingerprint density at radius 3 is 1.88 bits per heavy atom. The summed E-state index contributed by atoms with van der Waals surface area (Å²) in [6, 6.07) is 0. The number of carbonyl (C=O) groups is 1. The standard InChI is InChI=1S/C11H24O4Si/c1-7-14-16(6,15-8-2)9-13-10(12)11(3,4)5/h7-9H2,1-6H3. The van der Waals surface area contributed by atoms with Gasteiger partial charge in [0, 0.05) is 13.2 Å². The van der Waals surface area contributed by atoms with Crippen LogP contribution in [0.4, 0.5) is 0 Å². The summed E-state index contributed by atoms with van der Waals surface area (Å²) in [6.45, 7) is 12.4. The molecule has 0 amide bonds. The van der Waals surface area contributed by atoms with Crippen LogP contribution < -0.4 is 0 Å². The molecule has 0 heterocycles. The second kappa shape index (κ2) is 6.37. The number of rotatable bonds is 6. The summed E-state index contributed by atoms with van der Waals surface area (Å²) >= 11 is 0. The lowest BCUT2D eigenvalue weighted by molar-refractivity contribution is -0.151. The van der Waals surface area contributed by atoms with Crippen LogP contribution in [0.5, 0.6) is 0 Å². The first kappa shape index (κ1) is 15.6. The number of ether oxygens (including phenoxy) is 1. The molecule has 0 aliphatic heterocycles. The molecule has 4 nitrogen and oxygen atoms in total. The average Bonchev–Trinajstić information content (AvgIpc) is 2.13. The lowest BCUT2D eigenvalue weighted by atomic mass is 9.98. The first-order chi connectivity index (χ1) is 7.25. The van der Waals surface area contributed by atoms with Crippen molar-refractivity contribution >= 4 is 14.5 Å². The van der Waals surface area contributed by atoms with E-state index in [2.05, 4.69) is 0 Å². The highest BCUT2D eigenvalue weighted by atomic mass is 28.4. The molecule has 0 N–H and O–H groups in total. The van der Waals surface area contributed by atoms with Crippen molar-refractivity contribution in [2.45, 2.75) is 41.2 Å². The molecule has 0 aliphatic carbocycles. The Morgan fingerprint density at radius 2 is 1.56 bits per heavy atom. The molecule has 16 heavy (non-hydrogen) atoms. The van der Waals surface area contributed by atoms with Gasteiger partial charge in [-0.25, -0.2) is 0 Å². The van der Waals surface area contributed by atoms with Crippen LogP contribution >= 0.6 is 0 Å². The summed E-state index contributed by atoms with van der Waals surface area (Å²) < 4.78 is 16.4. The molecule has 0 saturated carbocycles. The molecule has 5 heteroatoms. The maximum Gasteiger partial charge on any atom is 0.373 e. The molecular weight excluding hydrogens is 224 g/mol. The topological polar surface area (TPSA) is 44.8 Å². The first-order valence-electron chi connectivity index (χ1n) is 5.70. The van der Waals surface area contributed by atoms with Gasteiger partial charge in [-0.15, -0.1) is 0 Å². The second-order valence-corrected chi connectivity index (χ2v) is 7.96. The molecule has 0 fully saturated rings. The summed E-state index contributed by atoms with van der Waals surface area (Å²) in [4.78, 5) is 11.6. The van der Waals surface area contributed by atoms with Gasteiger partial charge in [0.15, 0.2) is 0 Å². The first-order valence-corrected chi connectivity index (χ1v) is 8.22. The highest BCUT2D eigenvalue weighted by molar-refractivity contribution is 6.66. The molecule has 0 aliphatic rings. The van der Waals surface area contributed by atoms with Gasteiger partial charge in [0.05, 0.1) is 5.41 Å². The maximum absolute atomic E-state index is 11.6. The van der Waals surface area contributed by atoms with Gasteiger partial charge in [-0.1, -0.05) is 0 Å². The molecule has 0 spiro atoms. The van der Waals surface area contributed by atoms with Crippen molar-refractivity contribution < 1.29 is 18.4 Å². The van der Waals surface area contributed by atoms with E-state index in [1.54, 1.807) is 0 Å². The Hall–Kier alpha value is -0.393. The monoisotopic (exact) mass is 248 g/mol. The van der Waals surface area contributed by atoms with Gasteiger partial charge in [-0.2, -0.15) is 0 Å². The van der Waals surface area contributed by atoms with Crippen LogP contribution in [0.3, 0.4) is 0 Å². The van der Waals surface area contributed by atoms with Crippen LogP contribution in [-0.4, -0.2) is 34.0 Å². The van der Waals surface area contributed by atoms with E-state index in [1.165, 1.54) is 0 Å². The number of carbonyl (C=O) groups excluding carboxylic acids is 1. The number of esters is 1. The van der Waals surface area contributed by atoms with Crippen LogP contribution in [0, 0.1) is 5.41 Å². The Kier molecular flexibility index (Phi) is 6.21. The lowest BCUT2D eigenvalue weighted by Gasteiger charge is -2.27. The third-order valence-corrected chi connectivity index (χ3v) is 4.44. The van der Waals surface area contributed by atoms with Crippen molar-refractivity contribution in [1.29, 1.82) is 0 Å². The van der Waals surface area contributed by atoms with Crippen LogP contribution in [-0.2, 0) is 18.4 Å². The van der Waals surface area contributed by atoms with E-state index in [-0.39, 0.29) is 12.2 Å². The Bertz CT molecular complexity index is 217. The minimum Gasteiger partial charge on any atom is -0.463 e. The molecular formula is C11H24O4Si. The normalized spacial score (nSPS) is 12.6. The fourth-order valence-corrected chi connectivity index (χ4v) is 3.01. The van der Waals surface area contributed by atoms with Crippen molar-refractivity contribution in [3.05, 3.63) is 0 Å². The zero-order valence-corrected chi connectivity index (χ0v) is 12.3. The van der Waals surface area contributed by atoms with E-state index < -0.39 is 14.0 Å². The van der Waals surface area contributed by atoms with Crippen LogP contribution in [0.2, 0.25) is 6.55 Å². The molecule has 0 aromatic heterocycles. The van der Waals surface area contributed by atoms with Gasteiger partial charge >= 0.3 is 14.5 Å². The zero-order chi connectivity index (χ0) is 12.8. The molecule has 0 saturated heterocycles. The summed E-state index contributed by atoms with van der Waals surface area (Å²) in [7, 11) is -2.33. The summed E-state index contributed by atoms with van der Waals surface area (Å²) in [6.07, 6.45) is 0.255. The Labute approximate surface area is 99.5 Å². The molecule has 0 aromatic carbocycles. The van der Waals surface area contributed by atoms with E-state index in [1.807, 2.05) is 41.2 Å². The van der Waals surface area contributed by atoms with Crippen molar-refractivity contribution in [3.63, 3.8) is 0 Å². The van der Waals surface area contributed by atoms with Gasteiger partial charge in [0.1, 0.15) is 6.23 Å². The summed E-state index contributed by atoms with van der Waals surface area (Å²) in [5.41, 5.74) is -0.478. The average molecular weight is 248 g/mol. The molecule has 0 atom stereocenters. The smallest absolute Gasteiger partial charge is 0.373 e. The van der Waals surface area contributed by atoms with Gasteiger partial charge < -0.3 is 13.6 Å². The van der Waals surface area contributed by atoms with E-state index in [4.69, 9.17) is 13.6 Å². The van der Waals surface area contributed by atoms with E-state index in [0.29, 0.717) is 13.2 Å². The largest absolute Gasteiger partial charge is 0.463 e. The van der Waals surface area contributed by atoms with Gasteiger partial charge in [-0.3, -0.25) is 4.79 Å². The summed E-state index contributed by atoms with van der Waals surface area (Å²) in [5, 5.41) is 0. The second-order valence-electron chi connectivity index (χ2n) is 4.83. The molecule has 0 radical (unpaired) electrons. The molecule has 0 unspecified atom stereocenters. The minimum atomic E-state index is -2.33. The van der Waals surface area contributed by atoms with Gasteiger partial charge in [0.2, 0.25) is 0 Å². The van der Waals surface area contributed by atoms with Crippen LogP contribution in [0.1, 0.15) is 34.6 Å². The Morgan fingerprint density at radius 1 is 1.12 bits per heavy atom. The van der Waals surface area contributed by atoms with E-state index in [9.17, 15) is 4.79 Å². The van der Waals surface area contributed by atoms with Gasteiger partial charge in [-0.05, 0) is 41.2 Å². The zero-order valence-electron chi connectivity index (χ0n) is 11.3. The van der Waals surface area contributed by atoms with Gasteiger partial charge in [0.25, 0.3) is 0 Å². The van der Waals surface area contributed by atoms with E-state index >= 15 is 0 Å². The fourth-order valence-electron chi connectivity index (χ4n) is 1.15. The Balaban J connectivity index is 4.27. The highest BCUT2D eigenvalue weighted by Gasteiger charge is 2.35. The fraction of sp³-hybridized carbons (Fsp3) is 0.909. The van der Waals surface area contributed by atoms with Crippen molar-refractivity contribution in [1.82, 2.24) is 0 Å². The van der Waals surface area contributed by atoms with Crippen molar-refractivity contribution in [2.24, 2.45) is 5.41 Å². The summed E-state index contributed by atoms with van der Waals surface area (Å²) in [5.74, 6) is -0.217. The minimum absolute atomic E-state index is 0.217. The number of hydrogen-bond donors (Lipinski definition) is 0. The third-order valence-electron chi connectivity index (χ3n) is 1.98. The van der Waals surface area contributed by atoms with E-state index in [0.717, 1.165) is 0 Å². The van der Waals surface area contributed by atoms with Crippen LogP contribution in [0.15, 0.2) is 0 Å². The molecule has 0 bridgehead atoms. The highest BCUT2D eigenvalue weighted by Crippen LogP contribution is 2.17. The van der Waals surface area contributed by atoms with Crippen molar-refractivity contribution in [3.8, 4) is 0 Å². The predicted octanol–water partition coefficient (Wildman–Crippen LogP) is 2.26. The molecule has 0 aromatic rings. The predicted molar refractivity (Wildman–Crippen MR) is 65.3 cm³/mol. The molecule has 96 valence electrons. The number of hydrogen-bond acceptors (Lipinski definition) is 4. The maximum atomic E-state index is 11.6. The SMILES string of the molecule is CCO[Si](C)(COC(=O)C(C)(C)C)OCC. The van der Waals surface area contributed by atoms with Crippen LogP contribution in [0.25, 0.3) is 0 Å². The van der Waals surface area contributed by atoms with Crippen molar-refractivity contribution in [2.75, 3.05) is 19.4 Å².